The van der Waals surface area contributed by atoms with Gasteiger partial charge in [-0.1, -0.05) is 91.0 Å². The number of hydrogen-bond acceptors (Lipinski definition) is 4. The van der Waals surface area contributed by atoms with Gasteiger partial charge in [0.1, 0.15) is 12.6 Å². The molecule has 3 aromatic rings. The van der Waals surface area contributed by atoms with Gasteiger partial charge in [0.2, 0.25) is 11.8 Å². The third-order valence-electron chi connectivity index (χ3n) is 7.36. The summed E-state index contributed by atoms with van der Waals surface area (Å²) in [6.45, 7) is 3.44. The molecule has 4 rings (SSSR count). The summed E-state index contributed by atoms with van der Waals surface area (Å²) in [5.74, 6) is -0.739. The molecule has 218 valence electrons. The van der Waals surface area contributed by atoms with E-state index in [1.54, 1.807) is 18.2 Å². The quantitative estimate of drug-likeness (QED) is 0.272. The van der Waals surface area contributed by atoms with Crippen molar-refractivity contribution in [2.45, 2.75) is 69.5 Å². The van der Waals surface area contributed by atoms with Crippen molar-refractivity contribution in [3.63, 3.8) is 0 Å². The van der Waals surface area contributed by atoms with E-state index in [4.69, 9.17) is 23.2 Å². The summed E-state index contributed by atoms with van der Waals surface area (Å²) in [7, 11) is -4.18. The zero-order chi connectivity index (χ0) is 29.6. The largest absolute Gasteiger partial charge is 0.352 e. The second kappa shape index (κ2) is 13.7. The lowest BCUT2D eigenvalue weighted by Crippen LogP contribution is -2.53. The van der Waals surface area contributed by atoms with Gasteiger partial charge in [0.05, 0.1) is 20.6 Å². The Labute approximate surface area is 252 Å². The Balaban J connectivity index is 1.72. The van der Waals surface area contributed by atoms with E-state index >= 15 is 0 Å². The van der Waals surface area contributed by atoms with Gasteiger partial charge in [-0.15, -0.1) is 0 Å². The number of carbonyl (C=O) groups excluding carboxylic acids is 2. The maximum atomic E-state index is 14.2. The van der Waals surface area contributed by atoms with Crippen LogP contribution in [0.2, 0.25) is 10.0 Å². The number of nitrogens with one attached hydrogen (secondary N) is 1. The van der Waals surface area contributed by atoms with E-state index in [2.05, 4.69) is 5.32 Å². The van der Waals surface area contributed by atoms with Gasteiger partial charge in [0.15, 0.2) is 0 Å². The normalized spacial score (nSPS) is 14.4. The number of halogens is 2. The van der Waals surface area contributed by atoms with Crippen LogP contribution in [0.15, 0.2) is 77.7 Å². The first-order valence-corrected chi connectivity index (χ1v) is 16.0. The standard InChI is InChI=1S/C31H35Cl2N3O4S/c1-3-29(31(38)34-24-9-7-8-10-24)35(20-23-15-13-22(2)14-16-23)30(37)21-36(25-17-18-27(32)28(33)19-25)41(39,40)26-11-5-4-6-12-26/h4-6,11-19,24,29H,3,7-10,20-21H2,1-2H3,(H,34,38)/t29-/m1/s1. The van der Waals surface area contributed by atoms with Crippen LogP contribution < -0.4 is 9.62 Å². The fraction of sp³-hybridized carbons (Fsp3) is 0.355. The Hall–Kier alpha value is -3.07. The summed E-state index contributed by atoms with van der Waals surface area (Å²) < 4.78 is 28.8. The molecule has 1 aliphatic rings. The van der Waals surface area contributed by atoms with Gasteiger partial charge in [-0.3, -0.25) is 13.9 Å². The Morgan fingerprint density at radius 1 is 0.951 bits per heavy atom. The topological polar surface area (TPSA) is 86.8 Å². The van der Waals surface area contributed by atoms with Crippen molar-refractivity contribution >= 4 is 50.7 Å². The average Bonchev–Trinajstić information content (AvgIpc) is 3.47. The summed E-state index contributed by atoms with van der Waals surface area (Å²) in [6.07, 6.45) is 4.31. The van der Waals surface area contributed by atoms with Crippen LogP contribution in [0.5, 0.6) is 0 Å². The second-order valence-electron chi connectivity index (χ2n) is 10.3. The van der Waals surface area contributed by atoms with Crippen molar-refractivity contribution in [2.75, 3.05) is 10.8 Å². The lowest BCUT2D eigenvalue weighted by Gasteiger charge is -2.34. The predicted octanol–water partition coefficient (Wildman–Crippen LogP) is 6.36. The van der Waals surface area contributed by atoms with Crippen LogP contribution in [-0.2, 0) is 26.2 Å². The first-order chi connectivity index (χ1) is 19.6. The minimum atomic E-state index is -4.18. The molecule has 7 nitrogen and oxygen atoms in total. The highest BCUT2D eigenvalue weighted by molar-refractivity contribution is 7.92. The van der Waals surface area contributed by atoms with E-state index in [1.807, 2.05) is 38.1 Å². The van der Waals surface area contributed by atoms with Crippen LogP contribution in [0.3, 0.4) is 0 Å². The summed E-state index contributed by atoms with van der Waals surface area (Å²) in [5, 5.41) is 3.53. The molecule has 1 saturated carbocycles. The number of rotatable bonds is 11. The molecule has 3 aromatic carbocycles. The van der Waals surface area contributed by atoms with Crippen molar-refractivity contribution in [2.24, 2.45) is 0 Å². The molecule has 0 saturated heterocycles. The van der Waals surface area contributed by atoms with Gasteiger partial charge in [-0.2, -0.15) is 0 Å². The van der Waals surface area contributed by atoms with Gasteiger partial charge in [-0.05, 0) is 62.1 Å². The van der Waals surface area contributed by atoms with E-state index in [0.29, 0.717) is 6.42 Å². The first-order valence-electron chi connectivity index (χ1n) is 13.8. The zero-order valence-electron chi connectivity index (χ0n) is 23.2. The molecular weight excluding hydrogens is 581 g/mol. The lowest BCUT2D eigenvalue weighted by atomic mass is 10.1. The zero-order valence-corrected chi connectivity index (χ0v) is 25.6. The van der Waals surface area contributed by atoms with Crippen LogP contribution in [0.1, 0.15) is 50.2 Å². The molecule has 0 aromatic heterocycles. The fourth-order valence-corrected chi connectivity index (χ4v) is 6.79. The number of hydrogen-bond donors (Lipinski definition) is 1. The molecule has 2 amide bonds. The monoisotopic (exact) mass is 615 g/mol. The molecule has 0 heterocycles. The van der Waals surface area contributed by atoms with Crippen molar-refractivity contribution in [3.05, 3.63) is 94.0 Å². The highest BCUT2D eigenvalue weighted by Gasteiger charge is 2.34. The van der Waals surface area contributed by atoms with E-state index in [-0.39, 0.29) is 39.1 Å². The Morgan fingerprint density at radius 3 is 2.22 bits per heavy atom. The molecular formula is C31H35Cl2N3O4S. The molecule has 10 heteroatoms. The number of anilines is 1. The molecule has 1 N–H and O–H groups in total. The van der Waals surface area contributed by atoms with E-state index < -0.39 is 28.5 Å². The molecule has 1 fully saturated rings. The average molecular weight is 617 g/mol. The van der Waals surface area contributed by atoms with E-state index in [1.165, 1.54) is 35.2 Å². The molecule has 1 atom stereocenters. The third kappa shape index (κ3) is 7.61. The molecule has 0 radical (unpaired) electrons. The first kappa shape index (κ1) is 30.9. The summed E-state index contributed by atoms with van der Waals surface area (Å²) >= 11 is 12.4. The Bertz CT molecular complexity index is 1460. The Kier molecular flexibility index (Phi) is 10.3. The number of sulfonamides is 1. The summed E-state index contributed by atoms with van der Waals surface area (Å²) in [4.78, 5) is 29.2. The molecule has 41 heavy (non-hydrogen) atoms. The molecule has 0 aliphatic heterocycles. The summed E-state index contributed by atoms with van der Waals surface area (Å²) in [5.41, 5.74) is 2.09. The smallest absolute Gasteiger partial charge is 0.264 e. The van der Waals surface area contributed by atoms with Crippen molar-refractivity contribution in [1.82, 2.24) is 10.2 Å². The molecule has 1 aliphatic carbocycles. The summed E-state index contributed by atoms with van der Waals surface area (Å²) in [6, 6.07) is 19.3. The van der Waals surface area contributed by atoms with E-state index in [9.17, 15) is 18.0 Å². The number of amides is 2. The van der Waals surface area contributed by atoms with Gasteiger partial charge in [0, 0.05) is 12.6 Å². The van der Waals surface area contributed by atoms with Gasteiger partial charge in [-0.25, -0.2) is 8.42 Å². The van der Waals surface area contributed by atoms with Crippen LogP contribution in [-0.4, -0.2) is 43.8 Å². The number of nitrogens with zero attached hydrogens (tertiary/aromatic N) is 2. The second-order valence-corrected chi connectivity index (χ2v) is 13.0. The van der Waals surface area contributed by atoms with Crippen LogP contribution in [0, 0.1) is 6.92 Å². The molecule has 0 spiro atoms. The lowest BCUT2D eigenvalue weighted by molar-refractivity contribution is -0.140. The van der Waals surface area contributed by atoms with Crippen LogP contribution in [0.4, 0.5) is 5.69 Å². The van der Waals surface area contributed by atoms with Crippen molar-refractivity contribution < 1.29 is 18.0 Å². The van der Waals surface area contributed by atoms with Gasteiger partial charge < -0.3 is 10.2 Å². The highest BCUT2D eigenvalue weighted by atomic mass is 35.5. The van der Waals surface area contributed by atoms with Crippen molar-refractivity contribution in [3.8, 4) is 0 Å². The maximum Gasteiger partial charge on any atom is 0.264 e. The minimum absolute atomic E-state index is 0.0231. The van der Waals surface area contributed by atoms with Gasteiger partial charge in [0.25, 0.3) is 10.0 Å². The number of benzene rings is 3. The number of aryl methyl sites for hydroxylation is 1. The fourth-order valence-electron chi connectivity index (χ4n) is 5.07. The van der Waals surface area contributed by atoms with Crippen LogP contribution >= 0.6 is 23.2 Å². The Morgan fingerprint density at radius 2 is 1.61 bits per heavy atom. The highest BCUT2D eigenvalue weighted by Crippen LogP contribution is 2.31. The SMILES string of the molecule is CC[C@H](C(=O)NC1CCCC1)N(Cc1ccc(C)cc1)C(=O)CN(c1ccc(Cl)c(Cl)c1)S(=O)(=O)c1ccccc1. The molecule has 0 bridgehead atoms. The maximum absolute atomic E-state index is 14.2. The predicted molar refractivity (Wildman–Crippen MR) is 164 cm³/mol. The van der Waals surface area contributed by atoms with Gasteiger partial charge >= 0.3 is 0 Å². The van der Waals surface area contributed by atoms with Crippen LogP contribution in [0.25, 0.3) is 0 Å². The number of carbonyl (C=O) groups is 2. The van der Waals surface area contributed by atoms with E-state index in [0.717, 1.165) is 41.1 Å². The minimum Gasteiger partial charge on any atom is -0.352 e. The van der Waals surface area contributed by atoms with Crippen molar-refractivity contribution in [1.29, 1.82) is 0 Å². The third-order valence-corrected chi connectivity index (χ3v) is 9.89. The molecule has 0 unspecified atom stereocenters.